The Morgan fingerprint density at radius 1 is 1.35 bits per heavy atom. The Hall–Kier alpha value is -2.41. The van der Waals surface area contributed by atoms with Crippen molar-refractivity contribution < 1.29 is 4.79 Å². The van der Waals surface area contributed by atoms with Crippen LogP contribution in [0.5, 0.6) is 0 Å². The number of nitrogens with two attached hydrogens (primary N) is 1. The zero-order valence-corrected chi connectivity index (χ0v) is 15.5. The second-order valence-electron chi connectivity index (χ2n) is 7.27. The Labute approximate surface area is 153 Å². The van der Waals surface area contributed by atoms with Crippen molar-refractivity contribution in [1.29, 1.82) is 0 Å². The second-order valence-corrected chi connectivity index (χ2v) is 7.27. The summed E-state index contributed by atoms with van der Waals surface area (Å²) in [6.07, 6.45) is 7.59. The van der Waals surface area contributed by atoms with Crippen LogP contribution in [0, 0.1) is 0 Å². The molecule has 0 unspecified atom stereocenters. The van der Waals surface area contributed by atoms with E-state index in [0.29, 0.717) is 17.6 Å². The van der Waals surface area contributed by atoms with Crippen LogP contribution >= 0.6 is 0 Å². The lowest BCUT2D eigenvalue weighted by Gasteiger charge is -2.31. The summed E-state index contributed by atoms with van der Waals surface area (Å²) in [5.41, 5.74) is 10.2. The number of fused-ring (bicyclic) bond motifs is 3. The van der Waals surface area contributed by atoms with Gasteiger partial charge in [-0.25, -0.2) is 9.97 Å². The van der Waals surface area contributed by atoms with E-state index in [-0.39, 0.29) is 5.91 Å². The van der Waals surface area contributed by atoms with Crippen molar-refractivity contribution in [2.45, 2.75) is 38.6 Å². The van der Waals surface area contributed by atoms with Crippen LogP contribution in [0.2, 0.25) is 0 Å². The van der Waals surface area contributed by atoms with E-state index >= 15 is 0 Å². The molecule has 0 spiro atoms. The molecule has 4 rings (SSSR count). The quantitative estimate of drug-likeness (QED) is 0.870. The van der Waals surface area contributed by atoms with Gasteiger partial charge in [0.15, 0.2) is 0 Å². The fraction of sp³-hybridized carbons (Fsp3) is 0.526. The summed E-state index contributed by atoms with van der Waals surface area (Å²) in [4.78, 5) is 23.6. The molecule has 2 aromatic rings. The van der Waals surface area contributed by atoms with Crippen molar-refractivity contribution in [1.82, 2.24) is 19.4 Å². The molecule has 2 aliphatic rings. The maximum atomic E-state index is 11.7. The third-order valence-corrected chi connectivity index (χ3v) is 5.65. The van der Waals surface area contributed by atoms with Crippen molar-refractivity contribution in [3.63, 3.8) is 0 Å². The lowest BCUT2D eigenvalue weighted by Crippen LogP contribution is -2.39. The summed E-state index contributed by atoms with van der Waals surface area (Å²) in [7, 11) is 1.94. The molecule has 0 bridgehead atoms. The number of carbonyl (C=O) groups excluding carboxylic acids is 1. The zero-order chi connectivity index (χ0) is 18.3. The molecular formula is C19H26N6O. The first-order valence-corrected chi connectivity index (χ1v) is 9.40. The van der Waals surface area contributed by atoms with Crippen LogP contribution in [0.3, 0.4) is 0 Å². The molecule has 3 N–H and O–H groups in total. The summed E-state index contributed by atoms with van der Waals surface area (Å²) < 4.78 is 1.96. The fourth-order valence-corrected chi connectivity index (χ4v) is 4.15. The van der Waals surface area contributed by atoms with Crippen molar-refractivity contribution in [3.05, 3.63) is 29.1 Å². The van der Waals surface area contributed by atoms with E-state index in [4.69, 9.17) is 10.7 Å². The van der Waals surface area contributed by atoms with Gasteiger partial charge in [0.25, 0.3) is 5.91 Å². The van der Waals surface area contributed by atoms with Gasteiger partial charge in [0.1, 0.15) is 0 Å². The number of hydrogen-bond donors (Lipinski definition) is 2. The Morgan fingerprint density at radius 2 is 2.12 bits per heavy atom. The summed E-state index contributed by atoms with van der Waals surface area (Å²) in [5, 5.41) is 3.51. The van der Waals surface area contributed by atoms with Crippen LogP contribution in [0.15, 0.2) is 12.4 Å². The number of likely N-dealkylation sites (tertiary alicyclic amines) is 1. The number of rotatable bonds is 4. The molecule has 138 valence electrons. The molecule has 7 nitrogen and oxygen atoms in total. The molecule has 7 heteroatoms. The van der Waals surface area contributed by atoms with Gasteiger partial charge < -0.3 is 20.5 Å². The number of nitrogens with one attached hydrogen (secondary N) is 1. The number of anilines is 1. The van der Waals surface area contributed by atoms with Gasteiger partial charge in [-0.3, -0.25) is 4.79 Å². The van der Waals surface area contributed by atoms with Gasteiger partial charge in [0.2, 0.25) is 5.95 Å². The predicted octanol–water partition coefficient (Wildman–Crippen LogP) is 1.58. The number of aromatic nitrogens is 3. The first kappa shape index (κ1) is 17.0. The molecule has 1 aliphatic heterocycles. The van der Waals surface area contributed by atoms with Crippen LogP contribution in [0.4, 0.5) is 5.95 Å². The van der Waals surface area contributed by atoms with E-state index in [0.717, 1.165) is 67.8 Å². The fourth-order valence-electron chi connectivity index (χ4n) is 4.15. The van der Waals surface area contributed by atoms with Gasteiger partial charge in [0.05, 0.1) is 17.0 Å². The highest BCUT2D eigenvalue weighted by Gasteiger charge is 2.27. The third kappa shape index (κ3) is 2.96. The number of nitrogens with zero attached hydrogens (tertiary/aromatic N) is 4. The number of carbonyl (C=O) groups is 1. The number of piperidine rings is 1. The molecule has 0 aromatic carbocycles. The minimum absolute atomic E-state index is 0.375. The zero-order valence-electron chi connectivity index (χ0n) is 15.5. The average Bonchev–Trinajstić information content (AvgIpc) is 3.00. The molecule has 26 heavy (non-hydrogen) atoms. The third-order valence-electron chi connectivity index (χ3n) is 5.65. The maximum Gasteiger partial charge on any atom is 0.250 e. The predicted molar refractivity (Wildman–Crippen MR) is 101 cm³/mol. The monoisotopic (exact) mass is 354 g/mol. The van der Waals surface area contributed by atoms with E-state index in [1.807, 2.05) is 24.0 Å². The topological polar surface area (TPSA) is 89.1 Å². The van der Waals surface area contributed by atoms with Crippen molar-refractivity contribution in [3.8, 4) is 11.4 Å². The van der Waals surface area contributed by atoms with Crippen LogP contribution in [0.25, 0.3) is 11.4 Å². The molecule has 1 aliphatic carbocycles. The largest absolute Gasteiger partial charge is 0.366 e. The second kappa shape index (κ2) is 6.72. The highest BCUT2D eigenvalue weighted by molar-refractivity contribution is 5.96. The lowest BCUT2D eigenvalue weighted by atomic mass is 9.92. The van der Waals surface area contributed by atoms with Crippen LogP contribution in [0.1, 0.15) is 41.3 Å². The highest BCUT2D eigenvalue weighted by atomic mass is 16.1. The summed E-state index contributed by atoms with van der Waals surface area (Å²) >= 11 is 0. The van der Waals surface area contributed by atoms with Crippen LogP contribution < -0.4 is 11.1 Å². The van der Waals surface area contributed by atoms with Crippen molar-refractivity contribution >= 4 is 11.9 Å². The molecule has 3 heterocycles. The van der Waals surface area contributed by atoms with Crippen molar-refractivity contribution in [2.75, 3.05) is 25.0 Å². The summed E-state index contributed by atoms with van der Waals surface area (Å²) in [6.45, 7) is 5.55. The van der Waals surface area contributed by atoms with Crippen LogP contribution in [-0.4, -0.2) is 51.0 Å². The van der Waals surface area contributed by atoms with Gasteiger partial charge in [-0.15, -0.1) is 0 Å². The molecule has 0 saturated carbocycles. The average molecular weight is 354 g/mol. The summed E-state index contributed by atoms with van der Waals surface area (Å²) in [5.74, 6) is 0.300. The van der Waals surface area contributed by atoms with E-state index < -0.39 is 0 Å². The summed E-state index contributed by atoms with van der Waals surface area (Å²) in [6, 6.07) is 0.411. The van der Waals surface area contributed by atoms with E-state index in [9.17, 15) is 4.79 Å². The van der Waals surface area contributed by atoms with Gasteiger partial charge >= 0.3 is 0 Å². The van der Waals surface area contributed by atoms with E-state index in [1.165, 1.54) is 0 Å². The SMILES string of the molecule is CCN1CCC(Nc2ncc3c(n2)-c2c(c(C(N)=O)cn2C)CC3)CC1. The number of hydrogen-bond acceptors (Lipinski definition) is 5. The smallest absolute Gasteiger partial charge is 0.250 e. The Morgan fingerprint density at radius 3 is 2.81 bits per heavy atom. The molecule has 0 radical (unpaired) electrons. The minimum atomic E-state index is -0.375. The molecule has 0 atom stereocenters. The van der Waals surface area contributed by atoms with Gasteiger partial charge in [-0.2, -0.15) is 0 Å². The number of amides is 1. The normalized spacial score (nSPS) is 17.6. The first-order chi connectivity index (χ1) is 12.6. The van der Waals surface area contributed by atoms with Crippen LogP contribution in [-0.2, 0) is 19.9 Å². The number of primary amides is 1. The standard InChI is InChI=1S/C19H26N6O/c1-3-25-8-6-13(7-9-25)22-19-21-10-12-4-5-14-15(18(20)26)11-24(2)17(14)16(12)23-19/h10-11,13H,3-9H2,1-2H3,(H2,20,26)(H,21,22,23). The van der Waals surface area contributed by atoms with Gasteiger partial charge in [-0.1, -0.05) is 6.92 Å². The first-order valence-electron chi connectivity index (χ1n) is 9.40. The Balaban J connectivity index is 1.61. The van der Waals surface area contributed by atoms with E-state index in [2.05, 4.69) is 22.1 Å². The van der Waals surface area contributed by atoms with E-state index in [1.54, 1.807) is 0 Å². The molecular weight excluding hydrogens is 328 g/mol. The minimum Gasteiger partial charge on any atom is -0.366 e. The molecule has 1 saturated heterocycles. The number of aryl methyl sites for hydroxylation is 2. The lowest BCUT2D eigenvalue weighted by molar-refractivity contribution is 0.0999. The highest BCUT2D eigenvalue weighted by Crippen LogP contribution is 2.35. The Kier molecular flexibility index (Phi) is 4.40. The molecule has 1 amide bonds. The van der Waals surface area contributed by atoms with Gasteiger partial charge in [0, 0.05) is 38.6 Å². The van der Waals surface area contributed by atoms with Crippen molar-refractivity contribution in [2.24, 2.45) is 12.8 Å². The maximum absolute atomic E-state index is 11.7. The molecule has 2 aromatic heterocycles. The Bertz CT molecular complexity index is 835. The van der Waals surface area contributed by atoms with Gasteiger partial charge in [-0.05, 0) is 43.4 Å². The molecule has 1 fully saturated rings.